The van der Waals surface area contributed by atoms with E-state index in [4.69, 9.17) is 35.0 Å². The van der Waals surface area contributed by atoms with Gasteiger partial charge in [-0.3, -0.25) is 42.6 Å². The van der Waals surface area contributed by atoms with E-state index in [1.807, 2.05) is 0 Å². The zero-order valence-corrected chi connectivity index (χ0v) is 31.7. The van der Waals surface area contributed by atoms with E-state index in [9.17, 15) is 48.2 Å². The van der Waals surface area contributed by atoms with Crippen LogP contribution < -0.4 is 27.2 Å². The smallest absolute Gasteiger partial charge is 0.387 e. The predicted octanol–water partition coefficient (Wildman–Crippen LogP) is -3.64. The molecular formula is C24H35N11O18P3+. The number of nitrogens with one attached hydrogen (secondary N) is 2. The Morgan fingerprint density at radius 3 is 2.36 bits per heavy atom. The molecule has 4 aromatic heterocycles. The molecule has 3 fully saturated rings. The highest BCUT2D eigenvalue weighted by molar-refractivity contribution is 7.66. The number of methoxy groups -OCH3 is 1. The number of hydrogen-bond donors (Lipinski definition) is 9. The number of phosphoric acid groups is 3. The van der Waals surface area contributed by atoms with Crippen molar-refractivity contribution in [3.05, 3.63) is 33.4 Å². The first-order valence-corrected chi connectivity index (χ1v) is 20.4. The van der Waals surface area contributed by atoms with Crippen LogP contribution in [0.25, 0.3) is 22.3 Å². The van der Waals surface area contributed by atoms with Crippen molar-refractivity contribution < 1.29 is 79.9 Å². The first-order valence-electron chi connectivity index (χ1n) is 15.9. The number of phosphoric ester groups is 2. The average molecular weight is 859 g/mol. The number of hydroxylamine groups is 2. The van der Waals surface area contributed by atoms with Gasteiger partial charge in [-0.25, -0.2) is 23.2 Å². The average Bonchev–Trinajstić information content (AvgIpc) is 3.77. The second-order valence-corrected chi connectivity index (χ2v) is 17.4. The third kappa shape index (κ3) is 7.47. The third-order valence-electron chi connectivity index (χ3n) is 8.91. The molecule has 7 heterocycles. The highest BCUT2D eigenvalue weighted by Crippen LogP contribution is 2.68. The number of nitrogens with zero attached hydrogens (tertiary/aromatic N) is 7. The normalized spacial score (nSPS) is 31.5. The molecule has 11 N–H and O–H groups in total. The van der Waals surface area contributed by atoms with Crippen LogP contribution in [0, 0.1) is 0 Å². The summed E-state index contributed by atoms with van der Waals surface area (Å²) >= 11 is 0. The number of ether oxygens (including phenoxy) is 3. The van der Waals surface area contributed by atoms with Gasteiger partial charge in [-0.1, -0.05) is 4.98 Å². The van der Waals surface area contributed by atoms with Gasteiger partial charge in [0.2, 0.25) is 17.7 Å². The van der Waals surface area contributed by atoms with Gasteiger partial charge in [-0.2, -0.15) is 18.7 Å². The summed E-state index contributed by atoms with van der Waals surface area (Å²) in [6.45, 7) is -2.13. The van der Waals surface area contributed by atoms with Crippen molar-refractivity contribution in [2.24, 2.45) is 7.05 Å². The van der Waals surface area contributed by atoms with Gasteiger partial charge in [0.05, 0.1) is 33.1 Å². The van der Waals surface area contributed by atoms with Gasteiger partial charge in [0.15, 0.2) is 29.8 Å². The van der Waals surface area contributed by atoms with Gasteiger partial charge in [-0.05, 0) is 0 Å². The maximum atomic E-state index is 13.0. The Kier molecular flexibility index (Phi) is 10.4. The van der Waals surface area contributed by atoms with Crippen molar-refractivity contribution in [2.75, 3.05) is 45.4 Å². The van der Waals surface area contributed by atoms with Gasteiger partial charge in [0, 0.05) is 14.2 Å². The Balaban J connectivity index is 1.00. The number of likely N-dealkylation sites (N-methyl/N-ethyl adjacent to an activating group) is 1. The number of imidazole rings is 2. The van der Waals surface area contributed by atoms with Gasteiger partial charge in [-0.15, -0.1) is 0 Å². The lowest BCUT2D eigenvalue weighted by Crippen LogP contribution is -2.60. The molecule has 0 saturated carbocycles. The number of aromatic amines is 2. The molecule has 5 unspecified atom stereocenters. The molecule has 4 aromatic rings. The maximum absolute atomic E-state index is 13.0. The van der Waals surface area contributed by atoms with Crippen LogP contribution in [0.3, 0.4) is 0 Å². The number of aliphatic hydroxyl groups excluding tert-OH is 2. The number of H-pyrrole nitrogens is 2. The summed E-state index contributed by atoms with van der Waals surface area (Å²) in [5.74, 6) is -0.497. The number of aliphatic hydroxyl groups is 2. The highest BCUT2D eigenvalue weighted by atomic mass is 31.3. The fourth-order valence-electron chi connectivity index (χ4n) is 6.77. The molecule has 0 radical (unpaired) electrons. The molecule has 7 rings (SSSR count). The van der Waals surface area contributed by atoms with E-state index in [1.54, 1.807) is 7.05 Å². The number of hydrogen-bond acceptors (Lipinski definition) is 21. The lowest BCUT2D eigenvalue weighted by Gasteiger charge is -2.40. The van der Waals surface area contributed by atoms with E-state index in [1.165, 1.54) is 34.7 Å². The summed E-state index contributed by atoms with van der Waals surface area (Å²) in [7, 11) is -13.0. The molecule has 0 amide bonds. The largest absolute Gasteiger partial charge is 0.490 e. The van der Waals surface area contributed by atoms with Crippen LogP contribution >= 0.6 is 23.5 Å². The standard InChI is InChI=1S/C24H34N11O18P3/c1-32-8-35(17-11(32)19(39)31-23(26)29-17)21-14-15(46-3)24(50-21,5-33(2)51-14)6-48-55(42,43)53-56(44,45)52-54(40,41)47-4-9-12(36)13(37)20(49-9)34-7-27-10-16(34)28-22(25)30-18(10)38/h7-9,12-15,20-21,36-37H,4-6H2,1-3H3,(H8-,25,26,28,29,30,31,38,39,40,41,42,43,44,45)/p+1/t9-,12?,13+,14?,15-,20-,21-,24-/m1/s1. The lowest BCUT2D eigenvalue weighted by molar-refractivity contribution is -0.747. The zero-order valence-electron chi connectivity index (χ0n) is 29.0. The minimum Gasteiger partial charge on any atom is -0.387 e. The maximum Gasteiger partial charge on any atom is 0.490 e. The molecule has 11 atom stereocenters. The summed E-state index contributed by atoms with van der Waals surface area (Å²) in [5, 5.41) is 22.4. The Morgan fingerprint density at radius 2 is 1.66 bits per heavy atom. The number of aromatic nitrogens is 8. The third-order valence-corrected chi connectivity index (χ3v) is 13.1. The first kappa shape index (κ1) is 40.6. The van der Waals surface area contributed by atoms with Crippen LogP contribution in [0.15, 0.2) is 22.2 Å². The van der Waals surface area contributed by atoms with Crippen LogP contribution in [-0.4, -0.2) is 134 Å². The second-order valence-electron chi connectivity index (χ2n) is 12.8. The van der Waals surface area contributed by atoms with Crippen molar-refractivity contribution in [1.29, 1.82) is 0 Å². The number of anilines is 2. The quantitative estimate of drug-likeness (QED) is 0.0462. The number of nitrogen functional groups attached to an aromatic ring is 2. The van der Waals surface area contributed by atoms with Crippen molar-refractivity contribution in [1.82, 2.24) is 39.1 Å². The van der Waals surface area contributed by atoms with E-state index in [-0.39, 0.29) is 40.8 Å². The number of aryl methyl sites for hydroxylation is 1. The molecule has 32 heteroatoms. The molecule has 2 bridgehead atoms. The van der Waals surface area contributed by atoms with Gasteiger partial charge in [0.1, 0.15) is 30.0 Å². The van der Waals surface area contributed by atoms with E-state index in [2.05, 4.69) is 38.1 Å². The van der Waals surface area contributed by atoms with Crippen LogP contribution in [-0.2, 0) is 57.5 Å². The number of fused-ring (bicyclic) bond motifs is 4. The van der Waals surface area contributed by atoms with Crippen LogP contribution in [0.1, 0.15) is 12.5 Å². The Hall–Kier alpha value is -3.57. The molecule has 308 valence electrons. The monoisotopic (exact) mass is 858 g/mol. The van der Waals surface area contributed by atoms with E-state index in [0.717, 1.165) is 10.9 Å². The minimum absolute atomic E-state index is 0.0891. The summed E-state index contributed by atoms with van der Waals surface area (Å²) in [6.07, 6.45) is -7.29. The van der Waals surface area contributed by atoms with Crippen molar-refractivity contribution in [3.8, 4) is 0 Å². The molecule has 3 aliphatic heterocycles. The topological polar surface area (TPSA) is 400 Å². The number of rotatable bonds is 13. The Bertz CT molecular complexity index is 2440. The molecule has 3 aliphatic rings. The fraction of sp³-hybridized carbons (Fsp3) is 0.583. The van der Waals surface area contributed by atoms with Gasteiger partial charge in [0.25, 0.3) is 17.1 Å². The summed E-state index contributed by atoms with van der Waals surface area (Å²) in [5.41, 5.74) is 8.29. The molecular weight excluding hydrogens is 823 g/mol. The zero-order chi connectivity index (χ0) is 40.7. The summed E-state index contributed by atoms with van der Waals surface area (Å²) < 4.78 is 77.9. The molecule has 29 nitrogen and oxygen atoms in total. The summed E-state index contributed by atoms with van der Waals surface area (Å²) in [6, 6.07) is 0. The molecule has 3 saturated heterocycles. The van der Waals surface area contributed by atoms with Gasteiger partial charge < -0.3 is 50.6 Å². The molecule has 56 heavy (non-hydrogen) atoms. The van der Waals surface area contributed by atoms with Crippen LogP contribution in [0.5, 0.6) is 0 Å². The second kappa shape index (κ2) is 14.4. The SMILES string of the molecule is CO[C@@H]1C2ON(C)C[C@]1(COP(=O)(O)OP(=O)(O)OP(=O)(O)OC[C@H]1O[C@@H](n3cnc4c(=O)[nH]c(N)nc43)[C@@H](O)C1O)O[C@H]2[n+]1cn(C)c2c(=O)[nH]c(N)nc21. The Morgan fingerprint density at radius 1 is 1.00 bits per heavy atom. The van der Waals surface area contributed by atoms with Crippen molar-refractivity contribution >= 4 is 57.7 Å². The fourth-order valence-corrected chi connectivity index (χ4v) is 10.3. The summed E-state index contributed by atoms with van der Waals surface area (Å²) in [4.78, 5) is 78.1. The van der Waals surface area contributed by atoms with Crippen molar-refractivity contribution in [2.45, 2.75) is 48.6 Å². The number of nitrogens with two attached hydrogens (primary N) is 2. The van der Waals surface area contributed by atoms with Crippen LogP contribution in [0.4, 0.5) is 11.9 Å². The lowest BCUT2D eigenvalue weighted by atomic mass is 9.94. The highest BCUT2D eigenvalue weighted by Gasteiger charge is 2.64. The van der Waals surface area contributed by atoms with E-state index in [0.29, 0.717) is 0 Å². The molecule has 0 aromatic carbocycles. The molecule has 0 aliphatic carbocycles. The molecule has 0 spiro atoms. The van der Waals surface area contributed by atoms with Gasteiger partial charge >= 0.3 is 29.1 Å². The van der Waals surface area contributed by atoms with Crippen LogP contribution in [0.2, 0.25) is 0 Å². The van der Waals surface area contributed by atoms with E-state index >= 15 is 0 Å². The predicted molar refractivity (Wildman–Crippen MR) is 179 cm³/mol. The Labute approximate surface area is 311 Å². The first-order chi connectivity index (χ1) is 26.1. The minimum atomic E-state index is -5.99. The van der Waals surface area contributed by atoms with E-state index < -0.39 is 96.4 Å². The van der Waals surface area contributed by atoms with Crippen molar-refractivity contribution in [3.63, 3.8) is 0 Å².